The lowest BCUT2D eigenvalue weighted by molar-refractivity contribution is 0.0974. The molecule has 0 fully saturated rings. The summed E-state index contributed by atoms with van der Waals surface area (Å²) in [7, 11) is 0. The molecule has 0 spiro atoms. The highest BCUT2D eigenvalue weighted by Crippen LogP contribution is 2.37. The van der Waals surface area contributed by atoms with Crippen LogP contribution in [0.4, 0.5) is 0 Å². The third-order valence-electron chi connectivity index (χ3n) is 3.09. The van der Waals surface area contributed by atoms with Crippen LogP contribution in [-0.4, -0.2) is 21.8 Å². The minimum absolute atomic E-state index is 0.130. The molecule has 0 radical (unpaired) electrons. The van der Waals surface area contributed by atoms with E-state index in [2.05, 4.69) is 0 Å². The third kappa shape index (κ3) is 1.54. The molecule has 0 aliphatic heterocycles. The maximum Gasteiger partial charge on any atom is 0.198 e. The van der Waals surface area contributed by atoms with Gasteiger partial charge in [-0.15, -0.1) is 0 Å². The van der Waals surface area contributed by atoms with E-state index in [1.807, 2.05) is 0 Å². The van der Waals surface area contributed by atoms with Gasteiger partial charge in [0.25, 0.3) is 0 Å². The Hall–Kier alpha value is -2.33. The topological polar surface area (TPSA) is 74.6 Å². The van der Waals surface area contributed by atoms with Crippen LogP contribution in [-0.2, 0) is 0 Å². The molecule has 94 valence electrons. The summed E-state index contributed by atoms with van der Waals surface area (Å²) in [6.07, 6.45) is 0. The lowest BCUT2D eigenvalue weighted by Gasteiger charge is -2.19. The lowest BCUT2D eigenvalue weighted by atomic mass is 9.83. The number of halogens is 1. The molecule has 2 aromatic carbocycles. The molecule has 0 aromatic heterocycles. The number of benzene rings is 2. The Bertz CT molecular complexity index is 749. The average molecular weight is 275 g/mol. The first-order valence-electron chi connectivity index (χ1n) is 5.44. The van der Waals surface area contributed by atoms with Gasteiger partial charge in [-0.1, -0.05) is 11.6 Å². The number of ketones is 2. The van der Waals surface area contributed by atoms with Gasteiger partial charge in [-0.25, -0.2) is 0 Å². The fraction of sp³-hybridized carbons (Fsp3) is 0. The Kier molecular flexibility index (Phi) is 2.37. The summed E-state index contributed by atoms with van der Waals surface area (Å²) in [5.74, 6) is -1.70. The molecule has 5 heteroatoms. The SMILES string of the molecule is O=C1c2ccc(Cl)cc2C(=O)c2c(O)ccc(O)c21. The first-order chi connectivity index (χ1) is 9.00. The molecule has 2 aromatic rings. The van der Waals surface area contributed by atoms with Gasteiger partial charge >= 0.3 is 0 Å². The van der Waals surface area contributed by atoms with Crippen LogP contribution >= 0.6 is 11.6 Å². The van der Waals surface area contributed by atoms with E-state index in [4.69, 9.17) is 11.6 Å². The van der Waals surface area contributed by atoms with Crippen molar-refractivity contribution in [3.8, 4) is 11.5 Å². The Labute approximate surface area is 112 Å². The van der Waals surface area contributed by atoms with Crippen molar-refractivity contribution in [2.45, 2.75) is 0 Å². The van der Waals surface area contributed by atoms with Crippen molar-refractivity contribution in [3.05, 3.63) is 57.6 Å². The summed E-state index contributed by atoms with van der Waals surface area (Å²) in [4.78, 5) is 24.6. The van der Waals surface area contributed by atoms with Crippen LogP contribution in [0.3, 0.4) is 0 Å². The van der Waals surface area contributed by atoms with Gasteiger partial charge in [0.15, 0.2) is 11.6 Å². The van der Waals surface area contributed by atoms with E-state index in [1.165, 1.54) is 30.3 Å². The van der Waals surface area contributed by atoms with Crippen LogP contribution in [0.1, 0.15) is 31.8 Å². The monoisotopic (exact) mass is 274 g/mol. The van der Waals surface area contributed by atoms with Crippen molar-refractivity contribution in [2.75, 3.05) is 0 Å². The maximum atomic E-state index is 12.3. The summed E-state index contributed by atoms with van der Waals surface area (Å²) in [6, 6.07) is 6.67. The molecule has 0 saturated heterocycles. The van der Waals surface area contributed by atoms with Crippen LogP contribution in [0, 0.1) is 0 Å². The maximum absolute atomic E-state index is 12.3. The molecule has 4 nitrogen and oxygen atoms in total. The standard InChI is InChI=1S/C14H7ClO4/c15-6-1-2-7-8(5-6)14(19)12-10(17)4-3-9(16)11(12)13(7)18/h1-5,16-17H. The summed E-state index contributed by atoms with van der Waals surface area (Å²) in [6.45, 7) is 0. The van der Waals surface area contributed by atoms with Crippen molar-refractivity contribution in [1.82, 2.24) is 0 Å². The van der Waals surface area contributed by atoms with Crippen molar-refractivity contribution in [1.29, 1.82) is 0 Å². The molecular formula is C14H7ClO4. The van der Waals surface area contributed by atoms with E-state index in [1.54, 1.807) is 0 Å². The largest absolute Gasteiger partial charge is 0.507 e. The fourth-order valence-corrected chi connectivity index (χ4v) is 2.38. The highest BCUT2D eigenvalue weighted by Gasteiger charge is 2.34. The first kappa shape index (κ1) is 11.7. The van der Waals surface area contributed by atoms with Crippen LogP contribution in [0.25, 0.3) is 0 Å². The molecule has 0 bridgehead atoms. The number of phenolic OH excluding ortho intramolecular Hbond substituents is 2. The Morgan fingerprint density at radius 1 is 0.789 bits per heavy atom. The van der Waals surface area contributed by atoms with Crippen LogP contribution in [0.15, 0.2) is 30.3 Å². The predicted molar refractivity (Wildman–Crippen MR) is 68.1 cm³/mol. The highest BCUT2D eigenvalue weighted by atomic mass is 35.5. The normalized spacial score (nSPS) is 13.1. The molecule has 1 aliphatic carbocycles. The van der Waals surface area contributed by atoms with Crippen LogP contribution in [0.5, 0.6) is 11.5 Å². The van der Waals surface area contributed by atoms with E-state index in [0.29, 0.717) is 5.02 Å². The molecule has 3 rings (SSSR count). The number of hydrogen-bond donors (Lipinski definition) is 2. The van der Waals surface area contributed by atoms with E-state index in [9.17, 15) is 19.8 Å². The lowest BCUT2D eigenvalue weighted by Crippen LogP contribution is -2.21. The average Bonchev–Trinajstić information content (AvgIpc) is 2.38. The van der Waals surface area contributed by atoms with E-state index in [0.717, 1.165) is 0 Å². The highest BCUT2D eigenvalue weighted by molar-refractivity contribution is 6.34. The van der Waals surface area contributed by atoms with Crippen molar-refractivity contribution < 1.29 is 19.8 Å². The second-order valence-corrected chi connectivity index (χ2v) is 4.64. The number of hydrogen-bond acceptors (Lipinski definition) is 4. The number of carbonyl (C=O) groups excluding carboxylic acids is 2. The summed E-state index contributed by atoms with van der Waals surface area (Å²) in [5, 5.41) is 19.8. The Morgan fingerprint density at radius 2 is 1.32 bits per heavy atom. The zero-order chi connectivity index (χ0) is 13.7. The second kappa shape index (κ2) is 3.83. The van der Waals surface area contributed by atoms with Gasteiger partial charge < -0.3 is 10.2 Å². The van der Waals surface area contributed by atoms with Gasteiger partial charge in [-0.05, 0) is 30.3 Å². The second-order valence-electron chi connectivity index (χ2n) is 4.20. The molecule has 19 heavy (non-hydrogen) atoms. The van der Waals surface area contributed by atoms with Gasteiger partial charge in [0.05, 0.1) is 11.1 Å². The Balaban J connectivity index is 2.39. The molecular weight excluding hydrogens is 268 g/mol. The first-order valence-corrected chi connectivity index (χ1v) is 5.82. The minimum Gasteiger partial charge on any atom is -0.507 e. The minimum atomic E-state index is -0.527. The van der Waals surface area contributed by atoms with E-state index < -0.39 is 11.6 Å². The van der Waals surface area contributed by atoms with Crippen molar-refractivity contribution >= 4 is 23.2 Å². The fourth-order valence-electron chi connectivity index (χ4n) is 2.21. The van der Waals surface area contributed by atoms with E-state index >= 15 is 0 Å². The number of rotatable bonds is 0. The van der Waals surface area contributed by atoms with Gasteiger partial charge in [0.1, 0.15) is 11.5 Å². The van der Waals surface area contributed by atoms with E-state index in [-0.39, 0.29) is 33.8 Å². The number of fused-ring (bicyclic) bond motifs is 2. The summed E-state index contributed by atoms with van der Waals surface area (Å²) >= 11 is 5.81. The number of aromatic hydroxyl groups is 2. The molecule has 0 saturated carbocycles. The zero-order valence-corrected chi connectivity index (χ0v) is 10.2. The third-order valence-corrected chi connectivity index (χ3v) is 3.32. The van der Waals surface area contributed by atoms with Crippen LogP contribution < -0.4 is 0 Å². The molecule has 0 atom stereocenters. The predicted octanol–water partition coefficient (Wildman–Crippen LogP) is 2.53. The molecule has 1 aliphatic rings. The zero-order valence-electron chi connectivity index (χ0n) is 9.48. The summed E-state index contributed by atoms with van der Waals surface area (Å²) in [5.41, 5.74) is -0.0479. The molecule has 0 unspecified atom stereocenters. The van der Waals surface area contributed by atoms with Gasteiger partial charge in [-0.3, -0.25) is 9.59 Å². The van der Waals surface area contributed by atoms with Gasteiger partial charge in [0, 0.05) is 16.1 Å². The quantitative estimate of drug-likeness (QED) is 0.618. The smallest absolute Gasteiger partial charge is 0.198 e. The molecule has 2 N–H and O–H groups in total. The summed E-state index contributed by atoms with van der Waals surface area (Å²) < 4.78 is 0. The van der Waals surface area contributed by atoms with Crippen molar-refractivity contribution in [3.63, 3.8) is 0 Å². The number of carbonyl (C=O) groups is 2. The van der Waals surface area contributed by atoms with Gasteiger partial charge in [-0.2, -0.15) is 0 Å². The van der Waals surface area contributed by atoms with Crippen molar-refractivity contribution in [2.24, 2.45) is 0 Å². The van der Waals surface area contributed by atoms with Crippen LogP contribution in [0.2, 0.25) is 5.02 Å². The Morgan fingerprint density at radius 3 is 1.89 bits per heavy atom. The van der Waals surface area contributed by atoms with Gasteiger partial charge in [0.2, 0.25) is 0 Å². The number of phenols is 2. The molecule has 0 amide bonds. The molecule has 0 heterocycles.